The van der Waals surface area contributed by atoms with E-state index in [0.717, 1.165) is 23.1 Å². The van der Waals surface area contributed by atoms with E-state index in [2.05, 4.69) is 6.92 Å². The minimum absolute atomic E-state index is 0.150. The average Bonchev–Trinajstić information content (AvgIpc) is 2.83. The first-order valence-corrected chi connectivity index (χ1v) is 10.7. The quantitative estimate of drug-likeness (QED) is 0.220. The summed E-state index contributed by atoms with van der Waals surface area (Å²) in [6.07, 6.45) is 1.10. The van der Waals surface area contributed by atoms with Crippen LogP contribution < -0.4 is 20.0 Å². The summed E-state index contributed by atoms with van der Waals surface area (Å²) in [5, 5.41) is 0.796. The Morgan fingerprint density at radius 3 is 2.39 bits per heavy atom. The summed E-state index contributed by atoms with van der Waals surface area (Å²) in [5.41, 5.74) is 3.56. The fourth-order valence-corrected chi connectivity index (χ4v) is 3.68. The number of carbonyl (C=O) groups is 1. The molecule has 0 unspecified atom stereocenters. The van der Waals surface area contributed by atoms with Crippen molar-refractivity contribution in [2.45, 2.75) is 19.8 Å². The Morgan fingerprint density at radius 2 is 1.67 bits per heavy atom. The van der Waals surface area contributed by atoms with Crippen LogP contribution in [0.25, 0.3) is 11.0 Å². The molecule has 33 heavy (non-hydrogen) atoms. The third-order valence-electron chi connectivity index (χ3n) is 5.53. The summed E-state index contributed by atoms with van der Waals surface area (Å²) in [4.78, 5) is 26.6. The summed E-state index contributed by atoms with van der Waals surface area (Å²) in [6.45, 7) is 2.09. The number of fused-ring (bicyclic) bond motifs is 1. The first kappa shape index (κ1) is 22.1. The van der Waals surface area contributed by atoms with Crippen LogP contribution in [0.1, 0.15) is 18.1 Å². The van der Waals surface area contributed by atoms with Crippen molar-refractivity contribution in [1.82, 2.24) is 0 Å². The van der Waals surface area contributed by atoms with E-state index in [-0.39, 0.29) is 12.4 Å². The molecule has 0 spiro atoms. The molecule has 0 N–H and O–H groups in total. The zero-order valence-electron chi connectivity index (χ0n) is 18.8. The van der Waals surface area contributed by atoms with Crippen LogP contribution in [0.5, 0.6) is 11.5 Å². The Labute approximate surface area is 192 Å². The summed E-state index contributed by atoms with van der Waals surface area (Å²) in [6, 6.07) is 22.0. The van der Waals surface area contributed by atoms with E-state index in [1.165, 1.54) is 18.7 Å². The van der Waals surface area contributed by atoms with Crippen molar-refractivity contribution in [2.75, 3.05) is 19.1 Å². The second-order valence-corrected chi connectivity index (χ2v) is 7.66. The fourth-order valence-electron chi connectivity index (χ4n) is 3.68. The molecule has 0 aliphatic carbocycles. The van der Waals surface area contributed by atoms with Crippen molar-refractivity contribution < 1.29 is 18.7 Å². The van der Waals surface area contributed by atoms with Gasteiger partial charge in [-0.1, -0.05) is 43.3 Å². The maximum Gasteiger partial charge on any atom is 0.338 e. The minimum atomic E-state index is -0.440. The third kappa shape index (κ3) is 4.90. The molecule has 0 saturated heterocycles. The number of esters is 1. The lowest BCUT2D eigenvalue weighted by Gasteiger charge is -2.22. The molecule has 0 amide bonds. The van der Waals surface area contributed by atoms with Crippen molar-refractivity contribution in [1.29, 1.82) is 0 Å². The van der Waals surface area contributed by atoms with Gasteiger partial charge in [-0.25, -0.2) is 4.79 Å². The smallest absolute Gasteiger partial charge is 0.338 e. The Morgan fingerprint density at radius 1 is 0.939 bits per heavy atom. The van der Waals surface area contributed by atoms with Crippen molar-refractivity contribution in [3.8, 4) is 11.5 Å². The van der Waals surface area contributed by atoms with Gasteiger partial charge in [0.2, 0.25) is 0 Å². The van der Waals surface area contributed by atoms with Gasteiger partial charge in [0.15, 0.2) is 11.5 Å². The molecule has 4 rings (SSSR count). The molecule has 0 radical (unpaired) electrons. The maximum atomic E-state index is 12.6. The van der Waals surface area contributed by atoms with E-state index in [0.29, 0.717) is 22.8 Å². The first-order valence-electron chi connectivity index (χ1n) is 10.7. The molecular formula is C27H25NO5. The van der Waals surface area contributed by atoms with Gasteiger partial charge in [0.25, 0.3) is 0 Å². The van der Waals surface area contributed by atoms with Gasteiger partial charge in [0.05, 0.1) is 19.2 Å². The van der Waals surface area contributed by atoms with Gasteiger partial charge in [-0.3, -0.25) is 4.79 Å². The standard InChI is InChI=1S/C27H25NO5/c1-4-18-9-11-19(12-10-18)15-26(29)33-25-16-20(13-14-24(25)31-3)28(2)22-17-27(30)32-23-8-6-5-7-21(22)23/h5-14,16-17H,4,15H2,1-3H3. The molecule has 1 heterocycles. The number of carbonyl (C=O) groups excluding carboxylic acids is 1. The second kappa shape index (κ2) is 9.61. The highest BCUT2D eigenvalue weighted by atomic mass is 16.6. The van der Waals surface area contributed by atoms with E-state index in [1.807, 2.05) is 60.5 Å². The summed E-state index contributed by atoms with van der Waals surface area (Å²) < 4.78 is 16.4. The summed E-state index contributed by atoms with van der Waals surface area (Å²) >= 11 is 0. The predicted molar refractivity (Wildman–Crippen MR) is 129 cm³/mol. The lowest BCUT2D eigenvalue weighted by atomic mass is 10.1. The number of nitrogens with zero attached hydrogens (tertiary/aromatic N) is 1. The van der Waals surface area contributed by atoms with Crippen molar-refractivity contribution in [2.24, 2.45) is 0 Å². The number of rotatable bonds is 7. The first-order chi connectivity index (χ1) is 16.0. The van der Waals surface area contributed by atoms with Crippen molar-refractivity contribution in [3.63, 3.8) is 0 Å². The van der Waals surface area contributed by atoms with E-state index < -0.39 is 5.63 Å². The van der Waals surface area contributed by atoms with Crippen LogP contribution in [0, 0.1) is 0 Å². The zero-order valence-corrected chi connectivity index (χ0v) is 18.8. The SMILES string of the molecule is CCc1ccc(CC(=O)Oc2cc(N(C)c3cc(=O)oc4ccccc34)ccc2OC)cc1. The van der Waals surface area contributed by atoms with Crippen LogP contribution in [-0.2, 0) is 17.6 Å². The van der Waals surface area contributed by atoms with Crippen molar-refractivity contribution >= 4 is 28.3 Å². The van der Waals surface area contributed by atoms with E-state index in [9.17, 15) is 9.59 Å². The van der Waals surface area contributed by atoms with Gasteiger partial charge in [0, 0.05) is 30.3 Å². The van der Waals surface area contributed by atoms with E-state index in [1.54, 1.807) is 18.2 Å². The number of hydrogen-bond acceptors (Lipinski definition) is 6. The normalized spacial score (nSPS) is 10.8. The monoisotopic (exact) mass is 443 g/mol. The summed E-state index contributed by atoms with van der Waals surface area (Å²) in [5.74, 6) is 0.367. The zero-order chi connectivity index (χ0) is 23.4. The van der Waals surface area contributed by atoms with Gasteiger partial charge in [-0.2, -0.15) is 0 Å². The average molecular weight is 443 g/mol. The van der Waals surface area contributed by atoms with Crippen LogP contribution in [0.4, 0.5) is 11.4 Å². The predicted octanol–water partition coefficient (Wildman–Crippen LogP) is 5.28. The highest BCUT2D eigenvalue weighted by Gasteiger charge is 2.16. The Balaban J connectivity index is 1.61. The van der Waals surface area contributed by atoms with Crippen LogP contribution in [0.3, 0.4) is 0 Å². The highest BCUT2D eigenvalue weighted by Crippen LogP contribution is 2.36. The van der Waals surface area contributed by atoms with Gasteiger partial charge in [-0.15, -0.1) is 0 Å². The third-order valence-corrected chi connectivity index (χ3v) is 5.53. The van der Waals surface area contributed by atoms with Crippen LogP contribution in [-0.4, -0.2) is 20.1 Å². The van der Waals surface area contributed by atoms with E-state index >= 15 is 0 Å². The maximum absolute atomic E-state index is 12.6. The van der Waals surface area contributed by atoms with Crippen LogP contribution in [0.2, 0.25) is 0 Å². The highest BCUT2D eigenvalue weighted by molar-refractivity contribution is 5.92. The van der Waals surface area contributed by atoms with E-state index in [4.69, 9.17) is 13.9 Å². The molecular weight excluding hydrogens is 418 g/mol. The van der Waals surface area contributed by atoms with Gasteiger partial charge in [0.1, 0.15) is 5.58 Å². The number of benzene rings is 3. The van der Waals surface area contributed by atoms with Gasteiger partial charge >= 0.3 is 11.6 Å². The Hall–Kier alpha value is -4.06. The number of aryl methyl sites for hydroxylation is 1. The van der Waals surface area contributed by atoms with Gasteiger partial charge in [-0.05, 0) is 41.8 Å². The molecule has 0 fully saturated rings. The second-order valence-electron chi connectivity index (χ2n) is 7.66. The van der Waals surface area contributed by atoms with Crippen molar-refractivity contribution in [3.05, 3.63) is 94.3 Å². The molecule has 4 aromatic rings. The molecule has 168 valence electrons. The van der Waals surface area contributed by atoms with Crippen LogP contribution >= 0.6 is 0 Å². The molecule has 0 bridgehead atoms. The molecule has 0 saturated carbocycles. The number of anilines is 2. The lowest BCUT2D eigenvalue weighted by Crippen LogP contribution is -2.15. The Bertz CT molecular complexity index is 1340. The molecule has 6 heteroatoms. The van der Waals surface area contributed by atoms with Gasteiger partial charge < -0.3 is 18.8 Å². The summed E-state index contributed by atoms with van der Waals surface area (Å²) in [7, 11) is 3.36. The largest absolute Gasteiger partial charge is 0.493 e. The number of hydrogen-bond donors (Lipinski definition) is 0. The molecule has 0 aliphatic rings. The molecule has 3 aromatic carbocycles. The fraction of sp³-hybridized carbons (Fsp3) is 0.185. The molecule has 6 nitrogen and oxygen atoms in total. The van der Waals surface area contributed by atoms with Crippen LogP contribution in [0.15, 0.2) is 82.0 Å². The minimum Gasteiger partial charge on any atom is -0.493 e. The lowest BCUT2D eigenvalue weighted by molar-refractivity contribution is -0.133. The number of ether oxygens (including phenoxy) is 2. The Kier molecular flexibility index (Phi) is 6.45. The molecule has 0 aliphatic heterocycles. The molecule has 1 aromatic heterocycles. The topological polar surface area (TPSA) is 69.0 Å². The number of para-hydroxylation sites is 1. The number of methoxy groups -OCH3 is 1. The molecule has 0 atom stereocenters.